The van der Waals surface area contributed by atoms with Gasteiger partial charge in [-0.3, -0.25) is 9.59 Å². The van der Waals surface area contributed by atoms with Crippen molar-refractivity contribution in [3.8, 4) is 0 Å². The van der Waals surface area contributed by atoms with Crippen molar-refractivity contribution in [2.75, 3.05) is 18.8 Å². The second-order valence-electron chi connectivity index (χ2n) is 7.83. The fourth-order valence-corrected chi connectivity index (χ4v) is 5.07. The summed E-state index contributed by atoms with van der Waals surface area (Å²) >= 11 is 1.61. The molecule has 0 bridgehead atoms. The molecule has 1 aliphatic rings. The molecular weight excluding hydrogens is 386 g/mol. The quantitative estimate of drug-likeness (QED) is 0.457. The Morgan fingerprint density at radius 3 is 2.86 bits per heavy atom. The van der Waals surface area contributed by atoms with Crippen LogP contribution in [0.4, 0.5) is 0 Å². The van der Waals surface area contributed by atoms with Crippen LogP contribution in [0, 0.1) is 5.92 Å². The number of aliphatic carboxylic acids is 1. The summed E-state index contributed by atoms with van der Waals surface area (Å²) in [6.45, 7) is 3.76. The normalized spacial score (nSPS) is 17.0. The van der Waals surface area contributed by atoms with Crippen molar-refractivity contribution in [1.29, 1.82) is 0 Å². The van der Waals surface area contributed by atoms with Gasteiger partial charge in [-0.1, -0.05) is 50.1 Å². The Hall–Kier alpha value is -2.02. The number of aromatic nitrogens is 2. The number of unbranched alkanes of at least 4 members (excludes halogenated alkanes) is 3. The SMILES string of the molecule is CCCCCCC(=O)N1CCCC(CSc2nc3ccccc3n2CC(=O)O)C1. The van der Waals surface area contributed by atoms with Gasteiger partial charge in [-0.05, 0) is 37.3 Å². The Kier molecular flexibility index (Phi) is 7.98. The first-order valence-corrected chi connectivity index (χ1v) is 11.6. The monoisotopic (exact) mass is 417 g/mol. The molecule has 1 amide bonds. The predicted molar refractivity (Wildman–Crippen MR) is 116 cm³/mol. The molecule has 29 heavy (non-hydrogen) atoms. The molecule has 3 rings (SSSR count). The third-order valence-electron chi connectivity index (χ3n) is 5.48. The maximum absolute atomic E-state index is 12.5. The van der Waals surface area contributed by atoms with Crippen molar-refractivity contribution in [3.05, 3.63) is 24.3 Å². The number of carboxylic acids is 1. The molecule has 2 aromatic rings. The van der Waals surface area contributed by atoms with Crippen molar-refractivity contribution in [1.82, 2.24) is 14.5 Å². The van der Waals surface area contributed by atoms with E-state index in [9.17, 15) is 14.7 Å². The fourth-order valence-electron chi connectivity index (χ4n) is 3.93. The summed E-state index contributed by atoms with van der Waals surface area (Å²) in [5, 5.41) is 10.0. The molecule has 1 atom stereocenters. The van der Waals surface area contributed by atoms with E-state index in [1.807, 2.05) is 29.2 Å². The zero-order valence-electron chi connectivity index (χ0n) is 17.2. The van der Waals surface area contributed by atoms with Crippen LogP contribution in [0.25, 0.3) is 11.0 Å². The van der Waals surface area contributed by atoms with E-state index in [0.29, 0.717) is 12.3 Å². The highest BCUT2D eigenvalue weighted by Gasteiger charge is 2.24. The van der Waals surface area contributed by atoms with Crippen molar-refractivity contribution in [3.63, 3.8) is 0 Å². The number of para-hydroxylation sites is 2. The van der Waals surface area contributed by atoms with Gasteiger partial charge >= 0.3 is 5.97 Å². The van der Waals surface area contributed by atoms with Crippen LogP contribution in [0.5, 0.6) is 0 Å². The first-order valence-electron chi connectivity index (χ1n) is 10.7. The molecule has 1 fully saturated rings. The highest BCUT2D eigenvalue weighted by molar-refractivity contribution is 7.99. The third kappa shape index (κ3) is 5.98. The first kappa shape index (κ1) is 21.7. The van der Waals surface area contributed by atoms with Crippen molar-refractivity contribution >= 4 is 34.7 Å². The summed E-state index contributed by atoms with van der Waals surface area (Å²) in [7, 11) is 0. The summed E-state index contributed by atoms with van der Waals surface area (Å²) in [5.41, 5.74) is 1.67. The molecule has 0 radical (unpaired) electrons. The van der Waals surface area contributed by atoms with Crippen LogP contribution in [0.1, 0.15) is 51.9 Å². The molecule has 2 heterocycles. The Labute approximate surface area is 176 Å². The maximum atomic E-state index is 12.5. The number of nitrogens with zero attached hydrogens (tertiary/aromatic N) is 3. The molecule has 0 spiro atoms. The standard InChI is InChI=1S/C22H31N3O3S/c1-2-3-4-5-12-20(26)24-13-8-9-17(14-24)16-29-22-23-18-10-6-7-11-19(18)25(22)15-21(27)28/h6-7,10-11,17H,2-5,8-9,12-16H2,1H3,(H,27,28). The molecule has 1 aromatic carbocycles. The Morgan fingerprint density at radius 2 is 2.07 bits per heavy atom. The van der Waals surface area contributed by atoms with Crippen molar-refractivity contribution in [2.24, 2.45) is 5.92 Å². The van der Waals surface area contributed by atoms with Crippen LogP contribution in [0.2, 0.25) is 0 Å². The Bertz CT molecular complexity index is 836. The Balaban J connectivity index is 1.58. The van der Waals surface area contributed by atoms with E-state index >= 15 is 0 Å². The minimum atomic E-state index is -0.868. The van der Waals surface area contributed by atoms with E-state index < -0.39 is 5.97 Å². The van der Waals surface area contributed by atoms with E-state index in [2.05, 4.69) is 11.9 Å². The second-order valence-corrected chi connectivity index (χ2v) is 8.82. The highest BCUT2D eigenvalue weighted by Crippen LogP contribution is 2.28. The first-order chi connectivity index (χ1) is 14.1. The summed E-state index contributed by atoms with van der Waals surface area (Å²) in [5.74, 6) is 0.690. The van der Waals surface area contributed by atoms with Gasteiger partial charge in [0.05, 0.1) is 11.0 Å². The molecule has 1 aromatic heterocycles. The van der Waals surface area contributed by atoms with E-state index in [0.717, 1.165) is 60.7 Å². The Morgan fingerprint density at radius 1 is 1.24 bits per heavy atom. The summed E-state index contributed by atoms with van der Waals surface area (Å²) in [4.78, 5) is 30.5. The number of benzene rings is 1. The lowest BCUT2D eigenvalue weighted by Crippen LogP contribution is -2.40. The van der Waals surface area contributed by atoms with Crippen LogP contribution >= 0.6 is 11.8 Å². The number of piperidine rings is 1. The number of rotatable bonds is 10. The van der Waals surface area contributed by atoms with Crippen molar-refractivity contribution in [2.45, 2.75) is 63.6 Å². The van der Waals surface area contributed by atoms with Gasteiger partial charge in [-0.25, -0.2) is 4.98 Å². The average Bonchev–Trinajstić information content (AvgIpc) is 3.06. The predicted octanol–water partition coefficient (Wildman–Crippen LogP) is 4.42. The molecule has 158 valence electrons. The molecule has 1 unspecified atom stereocenters. The van der Waals surface area contributed by atoms with Gasteiger partial charge in [0.1, 0.15) is 6.54 Å². The average molecular weight is 418 g/mol. The molecule has 7 heteroatoms. The molecule has 0 aliphatic carbocycles. The van der Waals surface area contributed by atoms with Crippen molar-refractivity contribution < 1.29 is 14.7 Å². The van der Waals surface area contributed by atoms with Crippen LogP contribution in [0.3, 0.4) is 0 Å². The number of carbonyl (C=O) groups excluding carboxylic acids is 1. The minimum Gasteiger partial charge on any atom is -0.480 e. The zero-order valence-corrected chi connectivity index (χ0v) is 18.0. The number of hydrogen-bond acceptors (Lipinski definition) is 4. The van der Waals surface area contributed by atoms with E-state index in [-0.39, 0.29) is 12.5 Å². The number of likely N-dealkylation sites (tertiary alicyclic amines) is 1. The molecular formula is C22H31N3O3S. The smallest absolute Gasteiger partial charge is 0.323 e. The molecule has 1 N–H and O–H groups in total. The number of amides is 1. The molecule has 1 aliphatic heterocycles. The largest absolute Gasteiger partial charge is 0.480 e. The number of thioether (sulfide) groups is 1. The van der Waals surface area contributed by atoms with Crippen LogP contribution < -0.4 is 0 Å². The lowest BCUT2D eigenvalue weighted by molar-refractivity contribution is -0.137. The molecule has 0 saturated carbocycles. The lowest BCUT2D eigenvalue weighted by Gasteiger charge is -2.32. The maximum Gasteiger partial charge on any atom is 0.323 e. The van der Waals surface area contributed by atoms with Gasteiger partial charge < -0.3 is 14.6 Å². The van der Waals surface area contributed by atoms with Crippen LogP contribution in [0.15, 0.2) is 29.4 Å². The van der Waals surface area contributed by atoms with Gasteiger partial charge in [-0.2, -0.15) is 0 Å². The topological polar surface area (TPSA) is 75.4 Å². The van der Waals surface area contributed by atoms with Gasteiger partial charge in [0, 0.05) is 25.3 Å². The second kappa shape index (κ2) is 10.7. The lowest BCUT2D eigenvalue weighted by atomic mass is 9.99. The summed E-state index contributed by atoms with van der Waals surface area (Å²) in [6, 6.07) is 7.65. The van der Waals surface area contributed by atoms with Gasteiger partial charge in [-0.15, -0.1) is 0 Å². The van der Waals surface area contributed by atoms with Gasteiger partial charge in [0.25, 0.3) is 0 Å². The van der Waals surface area contributed by atoms with E-state index in [1.165, 1.54) is 12.8 Å². The van der Waals surface area contributed by atoms with E-state index in [1.54, 1.807) is 16.3 Å². The summed E-state index contributed by atoms with van der Waals surface area (Å²) < 4.78 is 1.78. The zero-order chi connectivity index (χ0) is 20.6. The van der Waals surface area contributed by atoms with E-state index in [4.69, 9.17) is 0 Å². The van der Waals surface area contributed by atoms with Crippen LogP contribution in [-0.2, 0) is 16.1 Å². The number of fused-ring (bicyclic) bond motifs is 1. The number of imidazole rings is 1. The highest BCUT2D eigenvalue weighted by atomic mass is 32.2. The molecule has 1 saturated heterocycles. The van der Waals surface area contributed by atoms with Gasteiger partial charge in [0.15, 0.2) is 5.16 Å². The molecule has 6 nitrogen and oxygen atoms in total. The minimum absolute atomic E-state index is 0.0874. The van der Waals surface area contributed by atoms with Gasteiger partial charge in [0.2, 0.25) is 5.91 Å². The number of carboxylic acid groups (broad SMARTS) is 1. The third-order valence-corrected chi connectivity index (χ3v) is 6.68. The van der Waals surface area contributed by atoms with Crippen LogP contribution in [-0.4, -0.2) is 50.3 Å². The number of carbonyl (C=O) groups is 2. The summed E-state index contributed by atoms with van der Waals surface area (Å²) in [6.07, 6.45) is 7.31. The number of hydrogen-bond donors (Lipinski definition) is 1. The fraction of sp³-hybridized carbons (Fsp3) is 0.591.